The molecule has 0 aliphatic carbocycles. The Kier molecular flexibility index (Phi) is 48.0. The van der Waals surface area contributed by atoms with Crippen molar-refractivity contribution in [2.45, 2.75) is 232 Å². The first-order valence-electron chi connectivity index (χ1n) is 25.8. The Morgan fingerprint density at radius 3 is 1.03 bits per heavy atom. The van der Waals surface area contributed by atoms with E-state index in [4.69, 9.17) is 14.2 Å². The lowest BCUT2D eigenvalue weighted by Gasteiger charge is -2.18. The molecule has 0 N–H and O–H groups in total. The van der Waals surface area contributed by atoms with Crippen molar-refractivity contribution in [3.05, 3.63) is 97.2 Å². The van der Waals surface area contributed by atoms with E-state index in [9.17, 15) is 14.4 Å². The van der Waals surface area contributed by atoms with Crippen LogP contribution < -0.4 is 0 Å². The maximum atomic E-state index is 12.8. The van der Waals surface area contributed by atoms with E-state index in [1.54, 1.807) is 0 Å². The average molecular weight is 875 g/mol. The second-order valence-electron chi connectivity index (χ2n) is 16.9. The number of unbranched alkanes of at least 4 members (excludes halogenated alkanes) is 24. The van der Waals surface area contributed by atoms with Crippen LogP contribution in [0.2, 0.25) is 0 Å². The van der Waals surface area contributed by atoms with Crippen LogP contribution in [-0.4, -0.2) is 37.2 Å². The van der Waals surface area contributed by atoms with Crippen LogP contribution in [0.1, 0.15) is 226 Å². The van der Waals surface area contributed by atoms with Crippen molar-refractivity contribution in [3.8, 4) is 0 Å². The third-order valence-corrected chi connectivity index (χ3v) is 10.7. The third kappa shape index (κ3) is 49.2. The van der Waals surface area contributed by atoms with Crippen LogP contribution in [-0.2, 0) is 28.6 Å². The summed E-state index contributed by atoms with van der Waals surface area (Å²) in [5, 5.41) is 0. The summed E-state index contributed by atoms with van der Waals surface area (Å²) >= 11 is 0. The molecule has 6 heteroatoms. The molecule has 1 unspecified atom stereocenters. The zero-order valence-corrected chi connectivity index (χ0v) is 40.8. The molecular weight excluding hydrogens is 781 g/mol. The van der Waals surface area contributed by atoms with Gasteiger partial charge in [0.05, 0.1) is 0 Å². The fraction of sp³-hybridized carbons (Fsp3) is 0.667. The maximum Gasteiger partial charge on any atom is 0.306 e. The number of carbonyl (C=O) groups is 3. The van der Waals surface area contributed by atoms with Crippen molar-refractivity contribution in [2.24, 2.45) is 0 Å². The van der Waals surface area contributed by atoms with Crippen molar-refractivity contribution >= 4 is 17.9 Å². The van der Waals surface area contributed by atoms with Gasteiger partial charge in [-0.15, -0.1) is 0 Å². The summed E-state index contributed by atoms with van der Waals surface area (Å²) in [6.45, 7) is 6.38. The van der Waals surface area contributed by atoms with Crippen LogP contribution in [0, 0.1) is 0 Å². The van der Waals surface area contributed by atoms with Crippen LogP contribution in [0.3, 0.4) is 0 Å². The van der Waals surface area contributed by atoms with E-state index in [2.05, 4.69) is 93.7 Å². The number of esters is 3. The van der Waals surface area contributed by atoms with Crippen molar-refractivity contribution in [1.29, 1.82) is 0 Å². The van der Waals surface area contributed by atoms with Gasteiger partial charge in [-0.05, 0) is 57.8 Å². The van der Waals surface area contributed by atoms with E-state index in [0.29, 0.717) is 19.3 Å². The lowest BCUT2D eigenvalue weighted by atomic mass is 10.0. The Labute approximate surface area is 387 Å². The van der Waals surface area contributed by atoms with Gasteiger partial charge in [0, 0.05) is 19.3 Å². The Bertz CT molecular complexity index is 1280. The molecule has 0 spiro atoms. The predicted octanol–water partition coefficient (Wildman–Crippen LogP) is 17.0. The zero-order chi connectivity index (χ0) is 45.8. The highest BCUT2D eigenvalue weighted by Gasteiger charge is 2.19. The van der Waals surface area contributed by atoms with Gasteiger partial charge in [0.15, 0.2) is 6.10 Å². The predicted molar refractivity (Wildman–Crippen MR) is 270 cm³/mol. The standard InChI is InChI=1S/C57H94O6/c1-4-7-10-13-16-19-22-25-27-28-29-31-32-35-38-41-44-47-50-56(59)62-53-54(52-61-55(58)49-46-43-40-37-34-24-21-18-15-12-9-6-3)63-57(60)51-48-45-42-39-36-33-30-26-23-20-17-14-11-8-5-2/h8,10-11,13-14,16-17,19-20,22-23,25,27-29,31,54H,4-7,9,12,15,18,21,24,26,30,32-53H2,1-3H3/b11-8-,13-10-,17-14-,19-16-,23-20-,25-22-,28-27-,31-29-. The van der Waals surface area contributed by atoms with Gasteiger partial charge in [0.25, 0.3) is 0 Å². The summed E-state index contributed by atoms with van der Waals surface area (Å²) in [4.78, 5) is 38.0. The highest BCUT2D eigenvalue weighted by Crippen LogP contribution is 2.15. The molecule has 0 radical (unpaired) electrons. The second kappa shape index (κ2) is 51.0. The molecule has 0 aliphatic rings. The number of ether oxygens (including phenoxy) is 3. The number of rotatable bonds is 45. The topological polar surface area (TPSA) is 78.9 Å². The largest absolute Gasteiger partial charge is 0.462 e. The molecule has 0 aromatic heterocycles. The first kappa shape index (κ1) is 59.3. The second-order valence-corrected chi connectivity index (χ2v) is 16.9. The van der Waals surface area contributed by atoms with Gasteiger partial charge in [0.1, 0.15) is 13.2 Å². The zero-order valence-electron chi connectivity index (χ0n) is 40.8. The molecule has 1 atom stereocenters. The number of carbonyl (C=O) groups excluding carboxylic acids is 3. The third-order valence-electron chi connectivity index (χ3n) is 10.7. The Morgan fingerprint density at radius 2 is 0.651 bits per heavy atom. The summed E-state index contributed by atoms with van der Waals surface area (Å²) in [7, 11) is 0. The number of hydrogen-bond donors (Lipinski definition) is 0. The molecular formula is C57H94O6. The van der Waals surface area contributed by atoms with Crippen LogP contribution in [0.4, 0.5) is 0 Å². The summed E-state index contributed by atoms with van der Waals surface area (Å²) in [5.74, 6) is -0.930. The first-order chi connectivity index (χ1) is 31.0. The fourth-order valence-electron chi connectivity index (χ4n) is 6.88. The number of allylic oxidation sites excluding steroid dienone is 16. The first-order valence-corrected chi connectivity index (χ1v) is 25.8. The monoisotopic (exact) mass is 875 g/mol. The smallest absolute Gasteiger partial charge is 0.306 e. The molecule has 0 aromatic carbocycles. The summed E-state index contributed by atoms with van der Waals surface area (Å²) in [6.07, 6.45) is 66.6. The summed E-state index contributed by atoms with van der Waals surface area (Å²) in [5.41, 5.74) is 0. The molecule has 0 amide bonds. The lowest BCUT2D eigenvalue weighted by molar-refractivity contribution is -0.167. The van der Waals surface area contributed by atoms with Gasteiger partial charge in [-0.2, -0.15) is 0 Å². The molecule has 0 rings (SSSR count). The molecule has 63 heavy (non-hydrogen) atoms. The maximum absolute atomic E-state index is 12.8. The van der Waals surface area contributed by atoms with E-state index in [1.165, 1.54) is 83.5 Å². The Morgan fingerprint density at radius 1 is 0.333 bits per heavy atom. The molecule has 6 nitrogen and oxygen atoms in total. The van der Waals surface area contributed by atoms with Gasteiger partial charge in [0.2, 0.25) is 0 Å². The van der Waals surface area contributed by atoms with Crippen molar-refractivity contribution in [3.63, 3.8) is 0 Å². The van der Waals surface area contributed by atoms with Gasteiger partial charge in [-0.1, -0.05) is 246 Å². The number of hydrogen-bond acceptors (Lipinski definition) is 6. The van der Waals surface area contributed by atoms with E-state index < -0.39 is 6.10 Å². The van der Waals surface area contributed by atoms with Gasteiger partial charge >= 0.3 is 17.9 Å². The summed E-state index contributed by atoms with van der Waals surface area (Å²) < 4.78 is 16.8. The fourth-order valence-corrected chi connectivity index (χ4v) is 6.88. The Balaban J connectivity index is 4.46. The SMILES string of the molecule is CC\C=C/C=C\C=C/CCCCCCCCCC(=O)OC(COC(=O)CCCCCCC\C=C/C=C\C=C/C=C\C=C/CCC)COC(=O)CCCCCCCCCCCCCC. The van der Waals surface area contributed by atoms with Crippen molar-refractivity contribution in [1.82, 2.24) is 0 Å². The van der Waals surface area contributed by atoms with E-state index in [1.807, 2.05) is 24.3 Å². The Hall–Kier alpha value is -3.67. The van der Waals surface area contributed by atoms with Gasteiger partial charge in [-0.3, -0.25) is 14.4 Å². The molecule has 0 fully saturated rings. The molecule has 0 saturated carbocycles. The molecule has 0 aromatic rings. The highest BCUT2D eigenvalue weighted by atomic mass is 16.6. The van der Waals surface area contributed by atoms with Crippen molar-refractivity contribution in [2.75, 3.05) is 13.2 Å². The van der Waals surface area contributed by atoms with Crippen LogP contribution in [0.5, 0.6) is 0 Å². The normalized spacial score (nSPS) is 12.9. The summed E-state index contributed by atoms with van der Waals surface area (Å²) in [6, 6.07) is 0. The molecule has 358 valence electrons. The van der Waals surface area contributed by atoms with E-state index >= 15 is 0 Å². The van der Waals surface area contributed by atoms with Crippen molar-refractivity contribution < 1.29 is 28.6 Å². The van der Waals surface area contributed by atoms with Crippen LogP contribution in [0.25, 0.3) is 0 Å². The van der Waals surface area contributed by atoms with Crippen LogP contribution in [0.15, 0.2) is 97.2 Å². The van der Waals surface area contributed by atoms with Gasteiger partial charge in [-0.25, -0.2) is 0 Å². The average Bonchev–Trinajstić information content (AvgIpc) is 3.28. The van der Waals surface area contributed by atoms with E-state index in [0.717, 1.165) is 103 Å². The minimum Gasteiger partial charge on any atom is -0.462 e. The van der Waals surface area contributed by atoms with Crippen LogP contribution >= 0.6 is 0 Å². The molecule has 0 bridgehead atoms. The molecule has 0 aliphatic heterocycles. The minimum atomic E-state index is -0.793. The minimum absolute atomic E-state index is 0.0905. The molecule has 0 heterocycles. The van der Waals surface area contributed by atoms with Gasteiger partial charge < -0.3 is 14.2 Å². The van der Waals surface area contributed by atoms with E-state index in [-0.39, 0.29) is 31.1 Å². The lowest BCUT2D eigenvalue weighted by Crippen LogP contribution is -2.30. The quantitative estimate of drug-likeness (QED) is 0.0262. The molecule has 0 saturated heterocycles. The highest BCUT2D eigenvalue weighted by molar-refractivity contribution is 5.71.